The lowest BCUT2D eigenvalue weighted by Crippen LogP contribution is -2.32. The van der Waals surface area contributed by atoms with Crippen molar-refractivity contribution in [2.75, 3.05) is 13.7 Å². The molecule has 1 aromatic carbocycles. The monoisotopic (exact) mass is 259 g/mol. The second-order valence-electron chi connectivity index (χ2n) is 4.64. The van der Waals surface area contributed by atoms with E-state index >= 15 is 0 Å². The number of aliphatic hydroxyl groups excluding tert-OH is 1. The molecule has 1 rings (SSSR count). The number of methoxy groups -OCH3 is 1. The maximum absolute atomic E-state index is 9.97. The minimum Gasteiger partial charge on any atom is -0.506 e. The standard InChI is InChI=1S/C12H18ClNO3/c1-12(2,6-15)11(14)9-8(17-3)5-4-7(13)10(9)16/h4-5,11,15-16H,6,14H2,1-3H3/t11-/m0/s1. The summed E-state index contributed by atoms with van der Waals surface area (Å²) in [6.45, 7) is 3.50. The highest BCUT2D eigenvalue weighted by molar-refractivity contribution is 6.32. The molecule has 0 fully saturated rings. The first kappa shape index (κ1) is 14.1. The number of benzene rings is 1. The van der Waals surface area contributed by atoms with Crippen LogP contribution in [0.25, 0.3) is 0 Å². The summed E-state index contributed by atoms with van der Waals surface area (Å²) in [4.78, 5) is 0. The molecular weight excluding hydrogens is 242 g/mol. The molecule has 0 aliphatic heterocycles. The van der Waals surface area contributed by atoms with Crippen LogP contribution in [0.2, 0.25) is 5.02 Å². The van der Waals surface area contributed by atoms with Gasteiger partial charge in [-0.25, -0.2) is 0 Å². The molecule has 0 amide bonds. The summed E-state index contributed by atoms with van der Waals surface area (Å²) in [7, 11) is 1.49. The Labute approximate surface area is 106 Å². The summed E-state index contributed by atoms with van der Waals surface area (Å²) in [5, 5.41) is 19.5. The Morgan fingerprint density at radius 3 is 2.53 bits per heavy atom. The number of rotatable bonds is 4. The highest BCUT2D eigenvalue weighted by Crippen LogP contribution is 2.43. The second-order valence-corrected chi connectivity index (χ2v) is 5.04. The summed E-state index contributed by atoms with van der Waals surface area (Å²) < 4.78 is 5.16. The quantitative estimate of drug-likeness (QED) is 0.774. The van der Waals surface area contributed by atoms with E-state index in [1.54, 1.807) is 19.9 Å². The Morgan fingerprint density at radius 1 is 1.47 bits per heavy atom. The van der Waals surface area contributed by atoms with Gasteiger partial charge in [-0.3, -0.25) is 0 Å². The average Bonchev–Trinajstić information content (AvgIpc) is 2.31. The van der Waals surface area contributed by atoms with Gasteiger partial charge in [-0.2, -0.15) is 0 Å². The van der Waals surface area contributed by atoms with Gasteiger partial charge in [0.2, 0.25) is 0 Å². The van der Waals surface area contributed by atoms with E-state index in [1.165, 1.54) is 13.2 Å². The predicted molar refractivity (Wildman–Crippen MR) is 67.5 cm³/mol. The topological polar surface area (TPSA) is 75.7 Å². The van der Waals surface area contributed by atoms with E-state index in [0.717, 1.165) is 0 Å². The van der Waals surface area contributed by atoms with E-state index in [0.29, 0.717) is 11.3 Å². The van der Waals surface area contributed by atoms with Crippen molar-refractivity contribution in [1.29, 1.82) is 0 Å². The third-order valence-corrected chi connectivity index (χ3v) is 3.21. The van der Waals surface area contributed by atoms with E-state index in [-0.39, 0.29) is 17.4 Å². The van der Waals surface area contributed by atoms with Crippen molar-refractivity contribution in [3.05, 3.63) is 22.7 Å². The molecule has 96 valence electrons. The van der Waals surface area contributed by atoms with Crippen molar-refractivity contribution in [3.63, 3.8) is 0 Å². The molecule has 17 heavy (non-hydrogen) atoms. The van der Waals surface area contributed by atoms with E-state index in [1.807, 2.05) is 0 Å². The van der Waals surface area contributed by atoms with Gasteiger partial charge >= 0.3 is 0 Å². The van der Waals surface area contributed by atoms with Crippen LogP contribution in [-0.4, -0.2) is 23.9 Å². The molecule has 1 aromatic rings. The van der Waals surface area contributed by atoms with Crippen LogP contribution in [0.3, 0.4) is 0 Å². The zero-order chi connectivity index (χ0) is 13.2. The summed E-state index contributed by atoms with van der Waals surface area (Å²) in [6, 6.07) is 2.60. The lowest BCUT2D eigenvalue weighted by atomic mass is 9.81. The van der Waals surface area contributed by atoms with Gasteiger partial charge in [0.1, 0.15) is 11.5 Å². The Morgan fingerprint density at radius 2 is 2.06 bits per heavy atom. The summed E-state index contributed by atoms with van der Waals surface area (Å²) in [5.74, 6) is 0.362. The van der Waals surface area contributed by atoms with E-state index in [9.17, 15) is 10.2 Å². The highest BCUT2D eigenvalue weighted by atomic mass is 35.5. The number of phenols is 1. The van der Waals surface area contributed by atoms with Crippen molar-refractivity contribution in [2.24, 2.45) is 11.1 Å². The lowest BCUT2D eigenvalue weighted by molar-refractivity contribution is 0.130. The molecular formula is C12H18ClNO3. The summed E-state index contributed by atoms with van der Waals surface area (Å²) in [5.41, 5.74) is 5.90. The van der Waals surface area contributed by atoms with Crippen molar-refractivity contribution >= 4 is 11.6 Å². The van der Waals surface area contributed by atoms with Crippen LogP contribution in [0.15, 0.2) is 12.1 Å². The number of aromatic hydroxyl groups is 1. The SMILES string of the molecule is COc1ccc(Cl)c(O)c1[C@H](N)C(C)(C)CO. The van der Waals surface area contributed by atoms with E-state index in [2.05, 4.69) is 0 Å². The fraction of sp³-hybridized carbons (Fsp3) is 0.500. The van der Waals surface area contributed by atoms with E-state index < -0.39 is 11.5 Å². The Balaban J connectivity index is 3.33. The molecule has 0 aliphatic rings. The first-order chi connectivity index (χ1) is 7.85. The lowest BCUT2D eigenvalue weighted by Gasteiger charge is -2.31. The zero-order valence-corrected chi connectivity index (χ0v) is 11.0. The predicted octanol–water partition coefficient (Wildman–Crippen LogP) is 2.07. The fourth-order valence-corrected chi connectivity index (χ4v) is 1.70. The first-order valence-electron chi connectivity index (χ1n) is 5.27. The summed E-state index contributed by atoms with van der Waals surface area (Å²) in [6.07, 6.45) is 0. The molecule has 0 heterocycles. The van der Waals surface area contributed by atoms with Crippen molar-refractivity contribution in [3.8, 4) is 11.5 Å². The van der Waals surface area contributed by atoms with Gasteiger partial charge in [0, 0.05) is 18.1 Å². The van der Waals surface area contributed by atoms with Crippen LogP contribution in [0, 0.1) is 5.41 Å². The fourth-order valence-electron chi connectivity index (χ4n) is 1.53. The molecule has 5 heteroatoms. The number of hydrogen-bond acceptors (Lipinski definition) is 4. The first-order valence-corrected chi connectivity index (χ1v) is 5.64. The smallest absolute Gasteiger partial charge is 0.142 e. The zero-order valence-electron chi connectivity index (χ0n) is 10.2. The number of aliphatic hydroxyl groups is 1. The number of ether oxygens (including phenoxy) is 1. The molecule has 0 saturated heterocycles. The molecule has 0 saturated carbocycles. The van der Waals surface area contributed by atoms with Crippen LogP contribution < -0.4 is 10.5 Å². The van der Waals surface area contributed by atoms with Gasteiger partial charge in [0.25, 0.3) is 0 Å². The van der Waals surface area contributed by atoms with Crippen LogP contribution in [0.5, 0.6) is 11.5 Å². The Kier molecular flexibility index (Phi) is 4.25. The highest BCUT2D eigenvalue weighted by Gasteiger charge is 2.32. The molecule has 4 nitrogen and oxygen atoms in total. The minimum atomic E-state index is -0.588. The molecule has 0 spiro atoms. The average molecular weight is 260 g/mol. The minimum absolute atomic E-state index is 0.0972. The van der Waals surface area contributed by atoms with Gasteiger partial charge in [-0.15, -0.1) is 0 Å². The van der Waals surface area contributed by atoms with E-state index in [4.69, 9.17) is 22.1 Å². The van der Waals surface area contributed by atoms with Crippen LogP contribution in [-0.2, 0) is 0 Å². The molecule has 0 unspecified atom stereocenters. The van der Waals surface area contributed by atoms with Gasteiger partial charge in [0.15, 0.2) is 0 Å². The van der Waals surface area contributed by atoms with Gasteiger partial charge < -0.3 is 20.7 Å². The van der Waals surface area contributed by atoms with Gasteiger partial charge in [0.05, 0.1) is 17.7 Å². The Hall–Kier alpha value is -0.970. The van der Waals surface area contributed by atoms with Crippen molar-refractivity contribution in [1.82, 2.24) is 0 Å². The van der Waals surface area contributed by atoms with Crippen molar-refractivity contribution < 1.29 is 14.9 Å². The summed E-state index contributed by atoms with van der Waals surface area (Å²) >= 11 is 5.86. The Bertz CT molecular complexity index is 407. The van der Waals surface area contributed by atoms with Crippen LogP contribution in [0.1, 0.15) is 25.5 Å². The third kappa shape index (κ3) is 2.65. The molecule has 0 bridgehead atoms. The van der Waals surface area contributed by atoms with Gasteiger partial charge in [-0.1, -0.05) is 25.4 Å². The third-order valence-electron chi connectivity index (χ3n) is 2.91. The van der Waals surface area contributed by atoms with Crippen LogP contribution >= 0.6 is 11.6 Å². The second kappa shape index (κ2) is 5.12. The molecule has 0 aromatic heterocycles. The maximum Gasteiger partial charge on any atom is 0.142 e. The largest absolute Gasteiger partial charge is 0.506 e. The van der Waals surface area contributed by atoms with Crippen LogP contribution in [0.4, 0.5) is 0 Å². The molecule has 0 aliphatic carbocycles. The number of hydrogen-bond donors (Lipinski definition) is 3. The number of phenolic OH excluding ortho intramolecular Hbond substituents is 1. The molecule has 0 radical (unpaired) electrons. The normalized spacial score (nSPS) is 13.5. The molecule has 4 N–H and O–H groups in total. The maximum atomic E-state index is 9.97. The van der Waals surface area contributed by atoms with Crippen molar-refractivity contribution in [2.45, 2.75) is 19.9 Å². The number of nitrogens with two attached hydrogens (primary N) is 1. The van der Waals surface area contributed by atoms with Gasteiger partial charge in [-0.05, 0) is 12.1 Å². The number of halogens is 1. The molecule has 1 atom stereocenters.